The highest BCUT2D eigenvalue weighted by Gasteiger charge is 2.07. The molecule has 2 heteroatoms. The van der Waals surface area contributed by atoms with Gasteiger partial charge in [-0.2, -0.15) is 0 Å². The van der Waals surface area contributed by atoms with Gasteiger partial charge in [0.15, 0.2) is 6.10 Å². The fourth-order valence-corrected chi connectivity index (χ4v) is 0.798. The molecule has 0 bridgehead atoms. The van der Waals surface area contributed by atoms with Crippen LogP contribution < -0.4 is 0 Å². The van der Waals surface area contributed by atoms with Gasteiger partial charge >= 0.3 is 5.97 Å². The molecule has 0 saturated heterocycles. The highest BCUT2D eigenvalue weighted by Crippen LogP contribution is 2.00. The Balaban J connectivity index is 3.82. The second-order valence-electron chi connectivity index (χ2n) is 2.53. The standard InChI is InChI=1S/C10H16O2/c1-4-7-9(6-3)12-10(11)8-5-2/h9H,5-6,8H2,1-3H3. The Kier molecular flexibility index (Phi) is 6.18. The number of hydrogen-bond acceptors (Lipinski definition) is 2. The van der Waals surface area contributed by atoms with E-state index in [0.717, 1.165) is 12.8 Å². The van der Waals surface area contributed by atoms with E-state index in [1.165, 1.54) is 0 Å². The average Bonchev–Trinajstić information content (AvgIpc) is 2.04. The highest BCUT2D eigenvalue weighted by molar-refractivity contribution is 5.69. The van der Waals surface area contributed by atoms with Crippen LogP contribution in [0.5, 0.6) is 0 Å². The van der Waals surface area contributed by atoms with Crippen molar-refractivity contribution in [2.75, 3.05) is 0 Å². The van der Waals surface area contributed by atoms with Gasteiger partial charge in [0.25, 0.3) is 0 Å². The second kappa shape index (κ2) is 6.72. The number of ether oxygens (including phenoxy) is 1. The van der Waals surface area contributed by atoms with Gasteiger partial charge in [0.2, 0.25) is 0 Å². The maximum Gasteiger partial charge on any atom is 0.307 e. The molecule has 0 aromatic carbocycles. The number of carbonyl (C=O) groups excluding carboxylic acids is 1. The van der Waals surface area contributed by atoms with Gasteiger partial charge in [-0.3, -0.25) is 4.79 Å². The lowest BCUT2D eigenvalue weighted by molar-refractivity contribution is -0.146. The van der Waals surface area contributed by atoms with Gasteiger partial charge in [-0.1, -0.05) is 19.8 Å². The van der Waals surface area contributed by atoms with Crippen molar-refractivity contribution in [3.05, 3.63) is 0 Å². The molecule has 0 spiro atoms. The number of rotatable bonds is 4. The van der Waals surface area contributed by atoms with Crippen LogP contribution in [0.4, 0.5) is 0 Å². The van der Waals surface area contributed by atoms with Crippen LogP contribution in [0, 0.1) is 11.8 Å². The highest BCUT2D eigenvalue weighted by atomic mass is 16.5. The summed E-state index contributed by atoms with van der Waals surface area (Å²) in [4.78, 5) is 11.0. The molecule has 0 aliphatic heterocycles. The van der Waals surface area contributed by atoms with E-state index in [9.17, 15) is 4.79 Å². The lowest BCUT2D eigenvalue weighted by Gasteiger charge is -2.08. The summed E-state index contributed by atoms with van der Waals surface area (Å²) in [5.74, 6) is 5.42. The van der Waals surface area contributed by atoms with Gasteiger partial charge in [0.05, 0.1) is 0 Å². The molecule has 0 rings (SSSR count). The van der Waals surface area contributed by atoms with E-state index in [2.05, 4.69) is 11.8 Å². The number of esters is 1. The van der Waals surface area contributed by atoms with Crippen LogP contribution in [0.15, 0.2) is 0 Å². The molecule has 0 N–H and O–H groups in total. The molecular weight excluding hydrogens is 152 g/mol. The molecule has 0 heterocycles. The van der Waals surface area contributed by atoms with Gasteiger partial charge in [-0.15, -0.1) is 5.92 Å². The summed E-state index contributed by atoms with van der Waals surface area (Å²) in [5.41, 5.74) is 0. The van der Waals surface area contributed by atoms with E-state index in [1.807, 2.05) is 13.8 Å². The van der Waals surface area contributed by atoms with Crippen molar-refractivity contribution in [3.63, 3.8) is 0 Å². The van der Waals surface area contributed by atoms with Crippen molar-refractivity contribution in [2.24, 2.45) is 0 Å². The van der Waals surface area contributed by atoms with Crippen molar-refractivity contribution in [1.82, 2.24) is 0 Å². The molecule has 0 radical (unpaired) electrons. The summed E-state index contributed by atoms with van der Waals surface area (Å²) in [5, 5.41) is 0. The number of hydrogen-bond donors (Lipinski definition) is 0. The van der Waals surface area contributed by atoms with Gasteiger partial charge < -0.3 is 4.74 Å². The van der Waals surface area contributed by atoms with E-state index < -0.39 is 0 Å². The summed E-state index contributed by atoms with van der Waals surface area (Å²) in [6.45, 7) is 5.65. The van der Waals surface area contributed by atoms with Crippen LogP contribution in [-0.4, -0.2) is 12.1 Å². The molecule has 0 aliphatic carbocycles. The predicted octanol–water partition coefficient (Wildman–Crippen LogP) is 2.13. The average molecular weight is 168 g/mol. The van der Waals surface area contributed by atoms with Crippen molar-refractivity contribution < 1.29 is 9.53 Å². The minimum absolute atomic E-state index is 0.146. The summed E-state index contributed by atoms with van der Waals surface area (Å²) < 4.78 is 5.07. The third kappa shape index (κ3) is 4.79. The molecule has 0 aliphatic rings. The maximum absolute atomic E-state index is 11.0. The molecule has 1 unspecified atom stereocenters. The molecule has 12 heavy (non-hydrogen) atoms. The van der Waals surface area contributed by atoms with Crippen LogP contribution >= 0.6 is 0 Å². The molecule has 2 nitrogen and oxygen atoms in total. The topological polar surface area (TPSA) is 26.3 Å². The zero-order valence-electron chi connectivity index (χ0n) is 8.02. The zero-order valence-corrected chi connectivity index (χ0v) is 8.02. The third-order valence-corrected chi connectivity index (χ3v) is 1.40. The van der Waals surface area contributed by atoms with Crippen LogP contribution in [0.25, 0.3) is 0 Å². The van der Waals surface area contributed by atoms with Crippen LogP contribution in [0.1, 0.15) is 40.0 Å². The van der Waals surface area contributed by atoms with E-state index in [-0.39, 0.29) is 12.1 Å². The van der Waals surface area contributed by atoms with Gasteiger partial charge in [-0.25, -0.2) is 0 Å². The van der Waals surface area contributed by atoms with Crippen LogP contribution in [0.3, 0.4) is 0 Å². The fourth-order valence-electron chi connectivity index (χ4n) is 0.798. The van der Waals surface area contributed by atoms with Crippen molar-refractivity contribution >= 4 is 5.97 Å². The molecule has 0 amide bonds. The summed E-state index contributed by atoms with van der Waals surface area (Å²) in [7, 11) is 0. The molecule has 0 saturated carbocycles. The Hall–Kier alpha value is -0.970. The number of carbonyl (C=O) groups is 1. The fraction of sp³-hybridized carbons (Fsp3) is 0.700. The first kappa shape index (κ1) is 11.0. The Morgan fingerprint density at radius 3 is 2.58 bits per heavy atom. The predicted molar refractivity (Wildman–Crippen MR) is 48.5 cm³/mol. The molecular formula is C10H16O2. The SMILES string of the molecule is CC#CC(CC)OC(=O)CCC. The lowest BCUT2D eigenvalue weighted by atomic mass is 10.3. The van der Waals surface area contributed by atoms with Crippen LogP contribution in [0.2, 0.25) is 0 Å². The molecule has 0 aromatic heterocycles. The first-order valence-corrected chi connectivity index (χ1v) is 4.36. The minimum Gasteiger partial charge on any atom is -0.449 e. The first-order chi connectivity index (χ1) is 5.74. The van der Waals surface area contributed by atoms with E-state index >= 15 is 0 Å². The van der Waals surface area contributed by atoms with E-state index in [1.54, 1.807) is 6.92 Å². The first-order valence-electron chi connectivity index (χ1n) is 4.36. The minimum atomic E-state index is -0.214. The largest absolute Gasteiger partial charge is 0.449 e. The van der Waals surface area contributed by atoms with E-state index in [4.69, 9.17) is 4.74 Å². The zero-order chi connectivity index (χ0) is 9.40. The third-order valence-electron chi connectivity index (χ3n) is 1.40. The van der Waals surface area contributed by atoms with Gasteiger partial charge in [0.1, 0.15) is 0 Å². The van der Waals surface area contributed by atoms with Crippen molar-refractivity contribution in [2.45, 2.75) is 46.1 Å². The van der Waals surface area contributed by atoms with Crippen molar-refractivity contribution in [1.29, 1.82) is 0 Å². The smallest absolute Gasteiger partial charge is 0.307 e. The molecule has 0 aromatic rings. The lowest BCUT2D eigenvalue weighted by Crippen LogP contribution is -2.15. The quantitative estimate of drug-likeness (QED) is 0.475. The Bertz CT molecular complexity index is 186. The normalized spacial score (nSPS) is 11.2. The molecule has 1 atom stereocenters. The van der Waals surface area contributed by atoms with Crippen molar-refractivity contribution in [3.8, 4) is 11.8 Å². The van der Waals surface area contributed by atoms with Gasteiger partial charge in [-0.05, 0) is 19.8 Å². The summed E-state index contributed by atoms with van der Waals surface area (Å²) in [6, 6.07) is 0. The Morgan fingerprint density at radius 1 is 1.50 bits per heavy atom. The van der Waals surface area contributed by atoms with E-state index in [0.29, 0.717) is 6.42 Å². The van der Waals surface area contributed by atoms with Crippen LogP contribution in [-0.2, 0) is 9.53 Å². The summed E-state index contributed by atoms with van der Waals surface area (Å²) in [6.07, 6.45) is 1.86. The monoisotopic (exact) mass is 168 g/mol. The van der Waals surface area contributed by atoms with Gasteiger partial charge in [0, 0.05) is 6.42 Å². The Morgan fingerprint density at radius 2 is 2.17 bits per heavy atom. The Labute approximate surface area is 74.3 Å². The summed E-state index contributed by atoms with van der Waals surface area (Å²) >= 11 is 0. The maximum atomic E-state index is 11.0. The molecule has 0 fully saturated rings. The second-order valence-corrected chi connectivity index (χ2v) is 2.53. The molecule has 68 valence electrons.